The Morgan fingerprint density at radius 2 is 2.10 bits per heavy atom. The fourth-order valence-corrected chi connectivity index (χ4v) is 4.55. The van der Waals surface area contributed by atoms with Gasteiger partial charge in [-0.1, -0.05) is 24.3 Å². The molecule has 150 valence electrons. The third kappa shape index (κ3) is 3.00. The number of nitrogens with zero attached hydrogens (tertiary/aromatic N) is 2. The van der Waals surface area contributed by atoms with Gasteiger partial charge in [0.15, 0.2) is 5.82 Å². The topological polar surface area (TPSA) is 106 Å². The van der Waals surface area contributed by atoms with Crippen molar-refractivity contribution in [3.8, 4) is 0 Å². The van der Waals surface area contributed by atoms with Crippen LogP contribution in [0.15, 0.2) is 57.1 Å². The summed E-state index contributed by atoms with van der Waals surface area (Å²) in [5, 5.41) is 12.5. The van der Waals surface area contributed by atoms with Gasteiger partial charge in [-0.2, -0.15) is 5.10 Å². The van der Waals surface area contributed by atoms with E-state index in [1.54, 1.807) is 31.3 Å². The summed E-state index contributed by atoms with van der Waals surface area (Å²) in [5.41, 5.74) is 0.299. The number of fused-ring (bicyclic) bond motifs is 2. The lowest BCUT2D eigenvalue weighted by Crippen LogP contribution is -2.25. The standard InChI is InChI=1S/C21H16N4O4S/c1-25-19-17(12(10-16(26)22-19)15-7-4-8-30-15)18(24-25)23-20(27)13-9-11-5-2-3-6-14(11)29-21(13)28/h2-9,12H,10H2,1H3,(H,22,26)(H,23,24,27)/t12-/m0/s1. The number of thiophene rings is 1. The van der Waals surface area contributed by atoms with E-state index in [-0.39, 0.29) is 23.8 Å². The van der Waals surface area contributed by atoms with E-state index >= 15 is 0 Å². The minimum absolute atomic E-state index is 0.111. The molecule has 9 heteroatoms. The van der Waals surface area contributed by atoms with Gasteiger partial charge >= 0.3 is 5.63 Å². The molecule has 0 spiro atoms. The van der Waals surface area contributed by atoms with Gasteiger partial charge in [0.2, 0.25) is 5.91 Å². The van der Waals surface area contributed by atoms with Crippen LogP contribution < -0.4 is 16.3 Å². The van der Waals surface area contributed by atoms with E-state index in [0.717, 1.165) is 10.4 Å². The van der Waals surface area contributed by atoms with Crippen LogP contribution in [0.5, 0.6) is 0 Å². The molecule has 0 fully saturated rings. The van der Waals surface area contributed by atoms with Gasteiger partial charge in [0.25, 0.3) is 5.91 Å². The molecule has 2 amide bonds. The molecule has 2 N–H and O–H groups in total. The number of amides is 2. The summed E-state index contributed by atoms with van der Waals surface area (Å²) >= 11 is 1.54. The lowest BCUT2D eigenvalue weighted by atomic mass is 9.92. The summed E-state index contributed by atoms with van der Waals surface area (Å²) in [6, 6.07) is 12.4. The number of rotatable bonds is 3. The van der Waals surface area contributed by atoms with Crippen molar-refractivity contribution in [2.45, 2.75) is 12.3 Å². The Balaban J connectivity index is 1.56. The van der Waals surface area contributed by atoms with E-state index in [1.807, 2.05) is 17.5 Å². The summed E-state index contributed by atoms with van der Waals surface area (Å²) in [5.74, 6) is -0.117. The number of aromatic nitrogens is 2. The third-order valence-corrected chi connectivity index (χ3v) is 6.07. The Morgan fingerprint density at radius 3 is 2.90 bits per heavy atom. The summed E-state index contributed by atoms with van der Waals surface area (Å²) in [6.45, 7) is 0. The lowest BCUT2D eigenvalue weighted by molar-refractivity contribution is -0.116. The Kier molecular flexibility index (Phi) is 4.25. The van der Waals surface area contributed by atoms with Gasteiger partial charge in [-0.25, -0.2) is 4.79 Å². The molecule has 0 aliphatic carbocycles. The highest BCUT2D eigenvalue weighted by atomic mass is 32.1. The van der Waals surface area contributed by atoms with Gasteiger partial charge in [-0.05, 0) is 23.6 Å². The second-order valence-electron chi connectivity index (χ2n) is 6.99. The fourth-order valence-electron chi connectivity index (χ4n) is 3.71. The number of para-hydroxylation sites is 1. The van der Waals surface area contributed by atoms with Crippen molar-refractivity contribution in [2.24, 2.45) is 7.05 Å². The van der Waals surface area contributed by atoms with Crippen molar-refractivity contribution in [3.63, 3.8) is 0 Å². The molecule has 4 aromatic rings. The highest BCUT2D eigenvalue weighted by Gasteiger charge is 2.34. The number of nitrogens with one attached hydrogen (secondary N) is 2. The van der Waals surface area contributed by atoms with Crippen molar-refractivity contribution >= 4 is 45.8 Å². The maximum absolute atomic E-state index is 12.9. The molecule has 4 heterocycles. The number of benzene rings is 1. The monoisotopic (exact) mass is 420 g/mol. The number of hydrogen-bond donors (Lipinski definition) is 2. The van der Waals surface area contributed by atoms with Crippen molar-refractivity contribution in [1.29, 1.82) is 0 Å². The molecule has 0 saturated carbocycles. The molecule has 1 atom stereocenters. The van der Waals surface area contributed by atoms with Crippen molar-refractivity contribution in [2.75, 3.05) is 10.6 Å². The summed E-state index contributed by atoms with van der Waals surface area (Å²) < 4.78 is 6.79. The summed E-state index contributed by atoms with van der Waals surface area (Å²) in [7, 11) is 1.69. The van der Waals surface area contributed by atoms with Crippen LogP contribution in [0.2, 0.25) is 0 Å². The molecule has 0 unspecified atom stereocenters. The Bertz CT molecular complexity index is 1350. The molecule has 0 bridgehead atoms. The second kappa shape index (κ2) is 6.96. The Morgan fingerprint density at radius 1 is 1.27 bits per heavy atom. The van der Waals surface area contributed by atoms with Crippen molar-refractivity contribution in [3.05, 3.63) is 74.3 Å². The molecule has 1 aliphatic heterocycles. The predicted octanol–water partition coefficient (Wildman–Crippen LogP) is 3.31. The van der Waals surface area contributed by atoms with Crippen LogP contribution in [0, 0.1) is 0 Å². The highest BCUT2D eigenvalue weighted by molar-refractivity contribution is 7.10. The van der Waals surface area contributed by atoms with Gasteiger partial charge in [0.05, 0.1) is 0 Å². The zero-order valence-electron chi connectivity index (χ0n) is 15.8. The number of carbonyl (C=O) groups is 2. The van der Waals surface area contributed by atoms with E-state index in [0.29, 0.717) is 22.6 Å². The van der Waals surface area contributed by atoms with Crippen LogP contribution in [-0.4, -0.2) is 21.6 Å². The molecule has 3 aromatic heterocycles. The average Bonchev–Trinajstić information content (AvgIpc) is 3.36. The number of carbonyl (C=O) groups excluding carboxylic acids is 2. The third-order valence-electron chi connectivity index (χ3n) is 5.08. The molecule has 8 nitrogen and oxygen atoms in total. The van der Waals surface area contributed by atoms with E-state index in [2.05, 4.69) is 15.7 Å². The first kappa shape index (κ1) is 18.3. The minimum atomic E-state index is -0.723. The van der Waals surface area contributed by atoms with Crippen molar-refractivity contribution < 1.29 is 14.0 Å². The number of aryl methyl sites for hydroxylation is 1. The molecular weight excluding hydrogens is 404 g/mol. The van der Waals surface area contributed by atoms with Crippen LogP contribution in [0.25, 0.3) is 11.0 Å². The first-order valence-electron chi connectivity index (χ1n) is 9.25. The molecular formula is C21H16N4O4S. The molecule has 1 aromatic carbocycles. The van der Waals surface area contributed by atoms with Crippen LogP contribution in [0.1, 0.15) is 33.1 Å². The minimum Gasteiger partial charge on any atom is -0.422 e. The maximum Gasteiger partial charge on any atom is 0.349 e. The lowest BCUT2D eigenvalue weighted by Gasteiger charge is -2.22. The normalized spacial score (nSPS) is 15.6. The van der Waals surface area contributed by atoms with Gasteiger partial charge < -0.3 is 15.1 Å². The molecule has 30 heavy (non-hydrogen) atoms. The first-order valence-corrected chi connectivity index (χ1v) is 10.1. The SMILES string of the molecule is Cn1nc(NC(=O)c2cc3ccccc3oc2=O)c2c1NC(=O)C[C@H]2c1cccs1. The van der Waals surface area contributed by atoms with E-state index in [4.69, 9.17) is 4.42 Å². The van der Waals surface area contributed by atoms with Gasteiger partial charge in [-0.15, -0.1) is 11.3 Å². The van der Waals surface area contributed by atoms with Crippen LogP contribution in [0.4, 0.5) is 11.6 Å². The molecule has 0 radical (unpaired) electrons. The molecule has 1 aliphatic rings. The summed E-state index contributed by atoms with van der Waals surface area (Å²) in [4.78, 5) is 38.5. The Labute approximate surface area is 174 Å². The van der Waals surface area contributed by atoms with Crippen LogP contribution >= 0.6 is 11.3 Å². The average molecular weight is 420 g/mol. The molecule has 5 rings (SSSR count). The van der Waals surface area contributed by atoms with Crippen molar-refractivity contribution in [1.82, 2.24) is 9.78 Å². The van der Waals surface area contributed by atoms with Crippen LogP contribution in [0.3, 0.4) is 0 Å². The quantitative estimate of drug-likeness (QED) is 0.495. The number of anilines is 2. The largest absolute Gasteiger partial charge is 0.422 e. The zero-order chi connectivity index (χ0) is 20.8. The van der Waals surface area contributed by atoms with Crippen LogP contribution in [-0.2, 0) is 11.8 Å². The van der Waals surface area contributed by atoms with Gasteiger partial charge in [0.1, 0.15) is 17.0 Å². The first-order chi connectivity index (χ1) is 14.5. The van der Waals surface area contributed by atoms with Gasteiger partial charge in [-0.3, -0.25) is 14.3 Å². The fraction of sp³-hybridized carbons (Fsp3) is 0.143. The zero-order valence-corrected chi connectivity index (χ0v) is 16.7. The van der Waals surface area contributed by atoms with E-state index in [1.165, 1.54) is 22.1 Å². The molecule has 0 saturated heterocycles. The van der Waals surface area contributed by atoms with Gasteiger partial charge in [0, 0.05) is 35.2 Å². The highest BCUT2D eigenvalue weighted by Crippen LogP contribution is 2.42. The summed E-state index contributed by atoms with van der Waals surface area (Å²) in [6.07, 6.45) is 0.250. The maximum atomic E-state index is 12.9. The smallest absolute Gasteiger partial charge is 0.349 e. The predicted molar refractivity (Wildman–Crippen MR) is 113 cm³/mol. The van der Waals surface area contributed by atoms with E-state index in [9.17, 15) is 14.4 Å². The van der Waals surface area contributed by atoms with E-state index < -0.39 is 11.5 Å². The second-order valence-corrected chi connectivity index (χ2v) is 7.97. The number of hydrogen-bond acceptors (Lipinski definition) is 6. The Hall–Kier alpha value is -3.72.